The number of nitrogens with one attached hydrogen (secondary N) is 1. The predicted molar refractivity (Wildman–Crippen MR) is 93.1 cm³/mol. The summed E-state index contributed by atoms with van der Waals surface area (Å²) in [4.78, 5) is 16.8. The fraction of sp³-hybridized carbons (Fsp3) is 0.111. The molecule has 0 bridgehead atoms. The van der Waals surface area contributed by atoms with Gasteiger partial charge >= 0.3 is 0 Å². The van der Waals surface area contributed by atoms with Gasteiger partial charge in [0.15, 0.2) is 0 Å². The van der Waals surface area contributed by atoms with E-state index in [9.17, 15) is 9.18 Å². The van der Waals surface area contributed by atoms with Crippen molar-refractivity contribution in [3.05, 3.63) is 88.2 Å². The fourth-order valence-corrected chi connectivity index (χ4v) is 2.73. The maximum Gasteiger partial charge on any atom is 0.252 e. The molecule has 1 amide bonds. The molecule has 0 saturated heterocycles. The number of aromatic nitrogens is 2. The lowest BCUT2D eigenvalue weighted by molar-refractivity contribution is 0.0940. The maximum atomic E-state index is 14.3. The van der Waals surface area contributed by atoms with Gasteiger partial charge in [-0.1, -0.05) is 34.1 Å². The van der Waals surface area contributed by atoms with Crippen LogP contribution in [0.15, 0.2) is 65.4 Å². The number of benzene rings is 2. The van der Waals surface area contributed by atoms with Crippen LogP contribution in [0.3, 0.4) is 0 Å². The number of carbonyl (C=O) groups is 1. The van der Waals surface area contributed by atoms with Crippen LogP contribution in [0.25, 0.3) is 0 Å². The first-order chi connectivity index (χ1) is 11.6. The molecule has 0 radical (unpaired) electrons. The third-order valence-electron chi connectivity index (χ3n) is 3.71. The van der Waals surface area contributed by atoms with E-state index in [1.165, 1.54) is 6.07 Å². The largest absolute Gasteiger partial charge is 0.338 e. The molecule has 24 heavy (non-hydrogen) atoms. The Balaban J connectivity index is 1.97. The highest BCUT2D eigenvalue weighted by Crippen LogP contribution is 2.23. The second kappa shape index (κ2) is 6.97. The molecule has 2 aromatic carbocycles. The SMILES string of the molecule is Cn1ccnc1[C@@H](NC(=O)c1ccc(Br)cc1)c1ccccc1F. The van der Waals surface area contributed by atoms with Crippen molar-refractivity contribution in [3.63, 3.8) is 0 Å². The van der Waals surface area contributed by atoms with Crippen LogP contribution in [-0.4, -0.2) is 15.5 Å². The van der Waals surface area contributed by atoms with Crippen LogP contribution >= 0.6 is 15.9 Å². The summed E-state index contributed by atoms with van der Waals surface area (Å²) >= 11 is 3.34. The van der Waals surface area contributed by atoms with Crippen molar-refractivity contribution in [2.45, 2.75) is 6.04 Å². The van der Waals surface area contributed by atoms with E-state index in [2.05, 4.69) is 26.2 Å². The number of aryl methyl sites for hydroxylation is 1. The molecule has 0 unspecified atom stereocenters. The summed E-state index contributed by atoms with van der Waals surface area (Å²) in [5.41, 5.74) is 0.867. The van der Waals surface area contributed by atoms with Crippen LogP contribution < -0.4 is 5.32 Å². The molecule has 1 atom stereocenters. The number of hydrogen-bond donors (Lipinski definition) is 1. The molecule has 0 aliphatic heterocycles. The van der Waals surface area contributed by atoms with E-state index < -0.39 is 6.04 Å². The van der Waals surface area contributed by atoms with Crippen molar-refractivity contribution in [3.8, 4) is 0 Å². The Morgan fingerprint density at radius 1 is 1.21 bits per heavy atom. The molecule has 0 fully saturated rings. The highest BCUT2D eigenvalue weighted by Gasteiger charge is 2.23. The van der Waals surface area contributed by atoms with Crippen molar-refractivity contribution >= 4 is 21.8 Å². The van der Waals surface area contributed by atoms with Crippen molar-refractivity contribution in [2.24, 2.45) is 7.05 Å². The third kappa shape index (κ3) is 3.38. The number of amides is 1. The zero-order valence-corrected chi connectivity index (χ0v) is 14.5. The van der Waals surface area contributed by atoms with Gasteiger partial charge in [0.1, 0.15) is 17.7 Å². The quantitative estimate of drug-likeness (QED) is 0.738. The van der Waals surface area contributed by atoms with E-state index in [-0.39, 0.29) is 11.7 Å². The summed E-state index contributed by atoms with van der Waals surface area (Å²) < 4.78 is 16.9. The Morgan fingerprint density at radius 3 is 2.54 bits per heavy atom. The molecule has 4 nitrogen and oxygen atoms in total. The third-order valence-corrected chi connectivity index (χ3v) is 4.24. The average Bonchev–Trinajstić information content (AvgIpc) is 3.00. The van der Waals surface area contributed by atoms with E-state index in [1.54, 1.807) is 59.4 Å². The Hall–Kier alpha value is -2.47. The lowest BCUT2D eigenvalue weighted by Gasteiger charge is -2.19. The van der Waals surface area contributed by atoms with E-state index in [4.69, 9.17) is 0 Å². The second-order valence-corrected chi connectivity index (χ2v) is 6.25. The first-order valence-corrected chi connectivity index (χ1v) is 8.13. The summed E-state index contributed by atoms with van der Waals surface area (Å²) in [6.45, 7) is 0. The smallest absolute Gasteiger partial charge is 0.252 e. The van der Waals surface area contributed by atoms with Crippen LogP contribution in [0.4, 0.5) is 4.39 Å². The molecule has 0 saturated carbocycles. The van der Waals surface area contributed by atoms with Gasteiger partial charge in [-0.05, 0) is 30.3 Å². The summed E-state index contributed by atoms with van der Waals surface area (Å²) in [6.07, 6.45) is 3.38. The maximum absolute atomic E-state index is 14.3. The van der Waals surface area contributed by atoms with Gasteiger partial charge < -0.3 is 9.88 Å². The predicted octanol–water partition coefficient (Wildman–Crippen LogP) is 3.84. The van der Waals surface area contributed by atoms with Gasteiger partial charge in [0, 0.05) is 35.0 Å². The van der Waals surface area contributed by atoms with Crippen LogP contribution in [0, 0.1) is 5.82 Å². The lowest BCUT2D eigenvalue weighted by Crippen LogP contribution is -2.31. The number of nitrogens with zero attached hydrogens (tertiary/aromatic N) is 2. The van der Waals surface area contributed by atoms with Gasteiger partial charge in [-0.2, -0.15) is 0 Å². The van der Waals surface area contributed by atoms with Crippen LogP contribution in [0.5, 0.6) is 0 Å². The molecule has 0 aliphatic rings. The highest BCUT2D eigenvalue weighted by molar-refractivity contribution is 9.10. The Bertz CT molecular complexity index is 861. The summed E-state index contributed by atoms with van der Waals surface area (Å²) in [5, 5.41) is 2.88. The molecule has 0 spiro atoms. The molecule has 1 N–H and O–H groups in total. The molecule has 1 heterocycles. The zero-order valence-electron chi connectivity index (χ0n) is 12.9. The fourth-order valence-electron chi connectivity index (χ4n) is 2.46. The minimum atomic E-state index is -0.678. The average molecular weight is 388 g/mol. The monoisotopic (exact) mass is 387 g/mol. The molecule has 3 rings (SSSR count). The van der Waals surface area contributed by atoms with Gasteiger partial charge in [0.2, 0.25) is 0 Å². The summed E-state index contributed by atoms with van der Waals surface area (Å²) in [6, 6.07) is 12.7. The van der Waals surface area contributed by atoms with E-state index >= 15 is 0 Å². The van der Waals surface area contributed by atoms with Crippen LogP contribution in [-0.2, 0) is 7.05 Å². The highest BCUT2D eigenvalue weighted by atomic mass is 79.9. The molecular formula is C18H15BrFN3O. The van der Waals surface area contributed by atoms with Crippen molar-refractivity contribution < 1.29 is 9.18 Å². The lowest BCUT2D eigenvalue weighted by atomic mass is 10.0. The first-order valence-electron chi connectivity index (χ1n) is 7.34. The van der Waals surface area contributed by atoms with Gasteiger partial charge in [0.05, 0.1) is 0 Å². The van der Waals surface area contributed by atoms with E-state index in [1.807, 2.05) is 7.05 Å². The van der Waals surface area contributed by atoms with Crippen molar-refractivity contribution in [1.29, 1.82) is 0 Å². The Kier molecular flexibility index (Phi) is 4.76. The van der Waals surface area contributed by atoms with E-state index in [0.717, 1.165) is 4.47 Å². The number of rotatable bonds is 4. The van der Waals surface area contributed by atoms with E-state index in [0.29, 0.717) is 17.0 Å². The topological polar surface area (TPSA) is 46.9 Å². The Morgan fingerprint density at radius 2 is 1.92 bits per heavy atom. The molecule has 0 aliphatic carbocycles. The minimum Gasteiger partial charge on any atom is -0.338 e. The molecule has 6 heteroatoms. The summed E-state index contributed by atoms with van der Waals surface area (Å²) in [7, 11) is 1.81. The molecule has 122 valence electrons. The minimum absolute atomic E-state index is 0.293. The standard InChI is InChI=1S/C18H15BrFN3O/c1-23-11-10-21-17(23)16(14-4-2-3-5-15(14)20)22-18(24)12-6-8-13(19)9-7-12/h2-11,16H,1H3,(H,22,24)/t16-/m0/s1. The van der Waals surface area contributed by atoms with Crippen molar-refractivity contribution in [1.82, 2.24) is 14.9 Å². The Labute approximate surface area is 147 Å². The van der Waals surface area contributed by atoms with Gasteiger partial charge in [-0.3, -0.25) is 4.79 Å². The number of carbonyl (C=O) groups excluding carboxylic acids is 1. The molecule has 1 aromatic heterocycles. The normalized spacial score (nSPS) is 12.0. The van der Waals surface area contributed by atoms with Gasteiger partial charge in [-0.25, -0.2) is 9.37 Å². The second-order valence-electron chi connectivity index (χ2n) is 5.33. The number of hydrogen-bond acceptors (Lipinski definition) is 2. The first kappa shape index (κ1) is 16.4. The summed E-state index contributed by atoms with van der Waals surface area (Å²) in [5.74, 6) is -0.120. The van der Waals surface area contributed by atoms with Crippen LogP contribution in [0.1, 0.15) is 27.8 Å². The number of halogens is 2. The van der Waals surface area contributed by atoms with Gasteiger partial charge in [0.25, 0.3) is 5.91 Å². The number of imidazole rings is 1. The van der Waals surface area contributed by atoms with Gasteiger partial charge in [-0.15, -0.1) is 0 Å². The molecule has 3 aromatic rings. The van der Waals surface area contributed by atoms with Crippen molar-refractivity contribution in [2.75, 3.05) is 0 Å². The zero-order chi connectivity index (χ0) is 17.1. The van der Waals surface area contributed by atoms with Crippen LogP contribution in [0.2, 0.25) is 0 Å². The molecular weight excluding hydrogens is 373 g/mol.